The summed E-state index contributed by atoms with van der Waals surface area (Å²) in [4.78, 5) is 16.9. The largest absolute Gasteiger partial charge is 0.480 e. The van der Waals surface area contributed by atoms with Crippen molar-refractivity contribution in [2.45, 2.75) is 26.3 Å². The van der Waals surface area contributed by atoms with E-state index < -0.39 is 12.0 Å². The fourth-order valence-corrected chi connectivity index (χ4v) is 2.01. The van der Waals surface area contributed by atoms with Gasteiger partial charge in [-0.1, -0.05) is 6.92 Å². The predicted molar refractivity (Wildman–Crippen MR) is 60.2 cm³/mol. The number of rotatable bonds is 6. The average Bonchev–Trinajstić information content (AvgIpc) is 2.71. The Labute approximate surface area is 93.6 Å². The van der Waals surface area contributed by atoms with E-state index in [0.717, 1.165) is 24.5 Å². The molecule has 0 fully saturated rings. The molecule has 15 heavy (non-hydrogen) atoms. The van der Waals surface area contributed by atoms with Crippen molar-refractivity contribution >= 4 is 17.3 Å². The molecule has 0 aliphatic rings. The van der Waals surface area contributed by atoms with Gasteiger partial charge < -0.3 is 5.11 Å². The second-order valence-corrected chi connectivity index (χ2v) is 4.30. The Morgan fingerprint density at radius 2 is 2.47 bits per heavy atom. The van der Waals surface area contributed by atoms with Crippen molar-refractivity contribution in [1.29, 1.82) is 0 Å². The van der Waals surface area contributed by atoms with E-state index in [2.05, 4.69) is 4.98 Å². The number of carboxylic acids is 1. The molecule has 1 aromatic heterocycles. The number of carbonyl (C=O) groups is 1. The Kier molecular flexibility index (Phi) is 4.71. The van der Waals surface area contributed by atoms with Crippen LogP contribution in [0.1, 0.15) is 18.9 Å². The van der Waals surface area contributed by atoms with Gasteiger partial charge in [-0.3, -0.25) is 9.69 Å². The van der Waals surface area contributed by atoms with Gasteiger partial charge in [0.1, 0.15) is 6.04 Å². The summed E-state index contributed by atoms with van der Waals surface area (Å²) in [5.41, 5.74) is 0. The molecule has 0 spiro atoms. The van der Waals surface area contributed by atoms with Crippen molar-refractivity contribution in [3.05, 3.63) is 16.6 Å². The third kappa shape index (κ3) is 3.60. The Morgan fingerprint density at radius 1 is 1.73 bits per heavy atom. The van der Waals surface area contributed by atoms with E-state index in [9.17, 15) is 4.79 Å². The third-order valence-electron chi connectivity index (χ3n) is 2.41. The number of thiazole rings is 1. The van der Waals surface area contributed by atoms with Crippen LogP contribution in [0, 0.1) is 0 Å². The standard InChI is InChI=1S/C10H16N2O2S/c1-3-12(8(2)10(13)14)6-4-9-11-5-7-15-9/h5,7-8H,3-4,6H2,1-2H3,(H,13,14). The molecule has 0 aliphatic heterocycles. The predicted octanol–water partition coefficient (Wildman–Crippen LogP) is 1.48. The van der Waals surface area contributed by atoms with E-state index >= 15 is 0 Å². The molecule has 84 valence electrons. The molecule has 0 saturated carbocycles. The van der Waals surface area contributed by atoms with Crippen LogP contribution in [0.25, 0.3) is 0 Å². The first-order valence-corrected chi connectivity index (χ1v) is 5.88. The van der Waals surface area contributed by atoms with E-state index in [-0.39, 0.29) is 0 Å². The summed E-state index contributed by atoms with van der Waals surface area (Å²) in [7, 11) is 0. The summed E-state index contributed by atoms with van der Waals surface area (Å²) >= 11 is 1.61. The van der Waals surface area contributed by atoms with Crippen molar-refractivity contribution in [2.75, 3.05) is 13.1 Å². The van der Waals surface area contributed by atoms with E-state index in [4.69, 9.17) is 5.11 Å². The smallest absolute Gasteiger partial charge is 0.320 e. The number of nitrogens with zero attached hydrogens (tertiary/aromatic N) is 2. The lowest BCUT2D eigenvalue weighted by Gasteiger charge is -2.23. The highest BCUT2D eigenvalue weighted by atomic mass is 32.1. The molecule has 1 heterocycles. The van der Waals surface area contributed by atoms with Gasteiger partial charge in [-0.2, -0.15) is 0 Å². The highest BCUT2D eigenvalue weighted by molar-refractivity contribution is 7.09. The summed E-state index contributed by atoms with van der Waals surface area (Å²) in [5.74, 6) is -0.768. The van der Waals surface area contributed by atoms with Gasteiger partial charge in [0.05, 0.1) is 5.01 Å². The van der Waals surface area contributed by atoms with Gasteiger partial charge in [-0.25, -0.2) is 4.98 Å². The molecule has 1 rings (SSSR count). The number of hydrogen-bond acceptors (Lipinski definition) is 4. The molecular weight excluding hydrogens is 212 g/mol. The van der Waals surface area contributed by atoms with Gasteiger partial charge in [0.25, 0.3) is 0 Å². The van der Waals surface area contributed by atoms with Crippen molar-refractivity contribution in [1.82, 2.24) is 9.88 Å². The van der Waals surface area contributed by atoms with Crippen molar-refractivity contribution < 1.29 is 9.90 Å². The average molecular weight is 228 g/mol. The van der Waals surface area contributed by atoms with E-state index in [0.29, 0.717) is 0 Å². The van der Waals surface area contributed by atoms with Gasteiger partial charge in [0.15, 0.2) is 0 Å². The number of carboxylic acid groups (broad SMARTS) is 1. The van der Waals surface area contributed by atoms with Crippen LogP contribution in [0.15, 0.2) is 11.6 Å². The fourth-order valence-electron chi connectivity index (χ4n) is 1.40. The molecule has 1 atom stereocenters. The molecule has 0 aromatic carbocycles. The molecule has 1 N–H and O–H groups in total. The first-order chi connectivity index (χ1) is 7.15. The highest BCUT2D eigenvalue weighted by Gasteiger charge is 2.18. The minimum Gasteiger partial charge on any atom is -0.480 e. The molecule has 0 bridgehead atoms. The molecule has 0 saturated heterocycles. The number of likely N-dealkylation sites (N-methyl/N-ethyl adjacent to an activating group) is 1. The van der Waals surface area contributed by atoms with Crippen LogP contribution in [0.5, 0.6) is 0 Å². The summed E-state index contributed by atoms with van der Waals surface area (Å²) in [6, 6.07) is -0.421. The monoisotopic (exact) mass is 228 g/mol. The molecular formula is C10H16N2O2S. The highest BCUT2D eigenvalue weighted by Crippen LogP contribution is 2.07. The minimum atomic E-state index is -0.768. The van der Waals surface area contributed by atoms with Gasteiger partial charge in [-0.15, -0.1) is 11.3 Å². The van der Waals surface area contributed by atoms with Crippen LogP contribution < -0.4 is 0 Å². The zero-order valence-corrected chi connectivity index (χ0v) is 9.83. The normalized spacial score (nSPS) is 13.0. The minimum absolute atomic E-state index is 0.421. The fraction of sp³-hybridized carbons (Fsp3) is 0.600. The quantitative estimate of drug-likeness (QED) is 0.801. The number of hydrogen-bond donors (Lipinski definition) is 1. The Balaban J connectivity index is 2.44. The van der Waals surface area contributed by atoms with Gasteiger partial charge >= 0.3 is 5.97 Å². The van der Waals surface area contributed by atoms with E-state index in [1.165, 1.54) is 0 Å². The summed E-state index contributed by atoms with van der Waals surface area (Å²) in [5, 5.41) is 11.9. The molecule has 0 amide bonds. The summed E-state index contributed by atoms with van der Waals surface area (Å²) in [6.07, 6.45) is 2.60. The van der Waals surface area contributed by atoms with Crippen LogP contribution in [0.2, 0.25) is 0 Å². The van der Waals surface area contributed by atoms with Crippen LogP contribution in [-0.2, 0) is 11.2 Å². The zero-order chi connectivity index (χ0) is 11.3. The van der Waals surface area contributed by atoms with Crippen molar-refractivity contribution in [2.24, 2.45) is 0 Å². The SMILES string of the molecule is CCN(CCc1nccs1)C(C)C(=O)O. The molecule has 0 aliphatic carbocycles. The van der Waals surface area contributed by atoms with Crippen LogP contribution in [0.4, 0.5) is 0 Å². The van der Waals surface area contributed by atoms with Gasteiger partial charge in [-0.05, 0) is 13.5 Å². The van der Waals surface area contributed by atoms with Gasteiger partial charge in [0.2, 0.25) is 0 Å². The maximum Gasteiger partial charge on any atom is 0.320 e. The van der Waals surface area contributed by atoms with E-state index in [1.54, 1.807) is 24.5 Å². The maximum atomic E-state index is 10.8. The molecule has 1 unspecified atom stereocenters. The summed E-state index contributed by atoms with van der Waals surface area (Å²) < 4.78 is 0. The number of aromatic nitrogens is 1. The van der Waals surface area contributed by atoms with Crippen LogP contribution >= 0.6 is 11.3 Å². The first kappa shape index (κ1) is 12.1. The molecule has 4 nitrogen and oxygen atoms in total. The van der Waals surface area contributed by atoms with E-state index in [1.807, 2.05) is 17.2 Å². The lowest BCUT2D eigenvalue weighted by molar-refractivity contribution is -0.142. The van der Waals surface area contributed by atoms with Crippen LogP contribution in [0.3, 0.4) is 0 Å². The lowest BCUT2D eigenvalue weighted by atomic mass is 10.2. The second kappa shape index (κ2) is 5.82. The van der Waals surface area contributed by atoms with Crippen molar-refractivity contribution in [3.63, 3.8) is 0 Å². The topological polar surface area (TPSA) is 53.4 Å². The Hall–Kier alpha value is -0.940. The zero-order valence-electron chi connectivity index (χ0n) is 9.01. The third-order valence-corrected chi connectivity index (χ3v) is 3.25. The Morgan fingerprint density at radius 3 is 2.93 bits per heavy atom. The van der Waals surface area contributed by atoms with Gasteiger partial charge in [0, 0.05) is 24.5 Å². The summed E-state index contributed by atoms with van der Waals surface area (Å²) in [6.45, 7) is 5.19. The molecule has 5 heteroatoms. The lowest BCUT2D eigenvalue weighted by Crippen LogP contribution is -2.40. The second-order valence-electron chi connectivity index (χ2n) is 3.32. The molecule has 1 aromatic rings. The number of aliphatic carboxylic acids is 1. The first-order valence-electron chi connectivity index (χ1n) is 5.00. The van der Waals surface area contributed by atoms with Crippen LogP contribution in [-0.4, -0.2) is 40.1 Å². The Bertz CT molecular complexity index is 300. The maximum absolute atomic E-state index is 10.8. The van der Waals surface area contributed by atoms with Crippen molar-refractivity contribution in [3.8, 4) is 0 Å². The molecule has 0 radical (unpaired) electrons.